The fourth-order valence-corrected chi connectivity index (χ4v) is 4.33. The number of rotatable bonds is 4. The number of urea groups is 1. The van der Waals surface area contributed by atoms with Crippen molar-refractivity contribution < 1.29 is 4.79 Å². The van der Waals surface area contributed by atoms with Crippen LogP contribution < -0.4 is 10.2 Å². The second-order valence-electron chi connectivity index (χ2n) is 7.40. The van der Waals surface area contributed by atoms with Crippen LogP contribution >= 0.6 is 23.1 Å². The second kappa shape index (κ2) is 9.33. The Hall–Kier alpha value is -3.15. The monoisotopic (exact) mass is 452 g/mol. The maximum Gasteiger partial charge on any atom is 0.322 e. The van der Waals surface area contributed by atoms with Crippen LogP contribution in [0.4, 0.5) is 15.6 Å². The Kier molecular flexibility index (Phi) is 6.35. The van der Waals surface area contributed by atoms with Crippen LogP contribution in [0.1, 0.15) is 23.9 Å². The molecule has 3 aromatic rings. The fraction of sp³-hybridized carbons (Fsp3) is 0.273. The van der Waals surface area contributed by atoms with Gasteiger partial charge in [-0.25, -0.2) is 9.78 Å². The fourth-order valence-electron chi connectivity index (χ4n) is 3.49. The van der Waals surface area contributed by atoms with E-state index in [0.29, 0.717) is 42.3 Å². The average molecular weight is 453 g/mol. The van der Waals surface area contributed by atoms with Crippen LogP contribution in [0.15, 0.2) is 48.5 Å². The number of aromatic nitrogens is 2. The lowest BCUT2D eigenvalue weighted by atomic mass is 10.1. The summed E-state index contributed by atoms with van der Waals surface area (Å²) in [5, 5.41) is 13.4. The first-order chi connectivity index (χ1) is 15.0. The Morgan fingerprint density at radius 3 is 2.65 bits per heavy atom. The number of carbonyl (C=O) groups is 1. The molecule has 1 atom stereocenters. The van der Waals surface area contributed by atoms with Crippen molar-refractivity contribution in [3.05, 3.63) is 70.5 Å². The standard InChI is InChI=1S/C22H21ClN6OS/c1-15-14-28(22-26-20(27-31-22)12-16-2-6-18(23)7-3-16)10-11-29(15)21(30)25-19-8-4-17(13-24)5-9-19/h2-9,15H,10-12,14H2,1H3,(H,25,30). The minimum atomic E-state index is -0.141. The minimum absolute atomic E-state index is 0.0238. The summed E-state index contributed by atoms with van der Waals surface area (Å²) in [4.78, 5) is 21.4. The van der Waals surface area contributed by atoms with Crippen LogP contribution in [-0.2, 0) is 6.42 Å². The summed E-state index contributed by atoms with van der Waals surface area (Å²) in [5.74, 6) is 0.788. The number of amides is 2. The van der Waals surface area contributed by atoms with Crippen molar-refractivity contribution in [2.75, 3.05) is 29.9 Å². The Morgan fingerprint density at radius 2 is 1.97 bits per heavy atom. The number of hydrogen-bond acceptors (Lipinski definition) is 6. The molecule has 31 heavy (non-hydrogen) atoms. The lowest BCUT2D eigenvalue weighted by Crippen LogP contribution is -2.55. The minimum Gasteiger partial charge on any atom is -0.343 e. The van der Waals surface area contributed by atoms with E-state index in [-0.39, 0.29) is 12.1 Å². The Balaban J connectivity index is 1.34. The third-order valence-corrected chi connectivity index (χ3v) is 6.22. The number of nitrogens with zero attached hydrogens (tertiary/aromatic N) is 5. The largest absolute Gasteiger partial charge is 0.343 e. The van der Waals surface area contributed by atoms with Crippen molar-refractivity contribution in [1.29, 1.82) is 5.26 Å². The molecule has 0 aliphatic carbocycles. The van der Waals surface area contributed by atoms with Gasteiger partial charge < -0.3 is 15.1 Å². The number of carbonyl (C=O) groups excluding carboxylic acids is 1. The van der Waals surface area contributed by atoms with E-state index < -0.39 is 0 Å². The van der Waals surface area contributed by atoms with Gasteiger partial charge in [-0.15, -0.1) is 0 Å². The molecule has 1 aromatic heterocycles. The van der Waals surface area contributed by atoms with Crippen molar-refractivity contribution in [3.8, 4) is 6.07 Å². The number of benzene rings is 2. The molecule has 1 aliphatic heterocycles. The SMILES string of the molecule is CC1CN(c2nc(Cc3ccc(Cl)cc3)ns2)CCN1C(=O)Nc1ccc(C#N)cc1. The highest BCUT2D eigenvalue weighted by atomic mass is 35.5. The molecule has 1 fully saturated rings. The van der Waals surface area contributed by atoms with Gasteiger partial charge in [0.25, 0.3) is 0 Å². The van der Waals surface area contributed by atoms with Gasteiger partial charge in [-0.05, 0) is 48.9 Å². The number of anilines is 2. The zero-order valence-corrected chi connectivity index (χ0v) is 18.5. The number of halogens is 1. The van der Waals surface area contributed by atoms with Crippen LogP contribution in [0.2, 0.25) is 5.02 Å². The Labute approximate surface area is 190 Å². The molecule has 0 bridgehead atoms. The quantitative estimate of drug-likeness (QED) is 0.634. The summed E-state index contributed by atoms with van der Waals surface area (Å²) in [5.41, 5.74) is 2.36. The van der Waals surface area contributed by atoms with Gasteiger partial charge in [0.05, 0.1) is 11.6 Å². The van der Waals surface area contributed by atoms with Gasteiger partial charge >= 0.3 is 6.03 Å². The first-order valence-electron chi connectivity index (χ1n) is 9.91. The molecule has 1 aliphatic rings. The normalized spacial score (nSPS) is 16.1. The van der Waals surface area contributed by atoms with E-state index in [1.807, 2.05) is 36.1 Å². The van der Waals surface area contributed by atoms with E-state index >= 15 is 0 Å². The van der Waals surface area contributed by atoms with E-state index in [1.165, 1.54) is 11.5 Å². The maximum absolute atomic E-state index is 12.7. The van der Waals surface area contributed by atoms with Gasteiger partial charge in [0.2, 0.25) is 5.13 Å². The first-order valence-corrected chi connectivity index (χ1v) is 11.1. The molecule has 1 N–H and O–H groups in total. The van der Waals surface area contributed by atoms with Crippen molar-refractivity contribution >= 4 is 40.0 Å². The molecule has 2 amide bonds. The number of piperazine rings is 1. The lowest BCUT2D eigenvalue weighted by molar-refractivity contribution is 0.185. The van der Waals surface area contributed by atoms with E-state index in [4.69, 9.17) is 21.8 Å². The number of hydrogen-bond donors (Lipinski definition) is 1. The smallest absolute Gasteiger partial charge is 0.322 e. The molecule has 4 rings (SSSR count). The highest BCUT2D eigenvalue weighted by molar-refractivity contribution is 7.09. The highest BCUT2D eigenvalue weighted by Gasteiger charge is 2.29. The summed E-state index contributed by atoms with van der Waals surface area (Å²) in [6, 6.07) is 16.5. The van der Waals surface area contributed by atoms with E-state index in [0.717, 1.165) is 16.5 Å². The van der Waals surface area contributed by atoms with E-state index in [1.54, 1.807) is 24.3 Å². The van der Waals surface area contributed by atoms with Crippen LogP contribution in [0.3, 0.4) is 0 Å². The van der Waals surface area contributed by atoms with E-state index in [9.17, 15) is 4.79 Å². The zero-order valence-electron chi connectivity index (χ0n) is 17.0. The van der Waals surface area contributed by atoms with Crippen molar-refractivity contribution in [3.63, 3.8) is 0 Å². The van der Waals surface area contributed by atoms with Gasteiger partial charge in [0.15, 0.2) is 0 Å². The Morgan fingerprint density at radius 1 is 1.23 bits per heavy atom. The summed E-state index contributed by atoms with van der Waals surface area (Å²) in [6.45, 7) is 4.01. The van der Waals surface area contributed by atoms with Gasteiger partial charge in [-0.3, -0.25) is 0 Å². The van der Waals surface area contributed by atoms with Crippen LogP contribution in [0, 0.1) is 11.3 Å². The van der Waals surface area contributed by atoms with Crippen molar-refractivity contribution in [2.45, 2.75) is 19.4 Å². The molecular weight excluding hydrogens is 432 g/mol. The van der Waals surface area contributed by atoms with Gasteiger partial charge in [-0.1, -0.05) is 23.7 Å². The summed E-state index contributed by atoms with van der Waals surface area (Å²) in [6.07, 6.45) is 0.663. The summed E-state index contributed by atoms with van der Waals surface area (Å²) in [7, 11) is 0. The molecule has 0 radical (unpaired) electrons. The van der Waals surface area contributed by atoms with Gasteiger partial charge in [0, 0.05) is 54.3 Å². The number of nitrogens with one attached hydrogen (secondary N) is 1. The molecule has 1 unspecified atom stereocenters. The zero-order chi connectivity index (χ0) is 21.8. The molecule has 1 saturated heterocycles. The van der Waals surface area contributed by atoms with Crippen molar-refractivity contribution in [1.82, 2.24) is 14.3 Å². The van der Waals surface area contributed by atoms with E-state index in [2.05, 4.69) is 20.7 Å². The first kappa shape index (κ1) is 21.1. The predicted molar refractivity (Wildman–Crippen MR) is 123 cm³/mol. The average Bonchev–Trinajstić information content (AvgIpc) is 3.24. The molecule has 7 nitrogen and oxygen atoms in total. The molecular formula is C22H21ClN6OS. The van der Waals surface area contributed by atoms with Crippen LogP contribution in [0.5, 0.6) is 0 Å². The molecule has 0 spiro atoms. The summed E-state index contributed by atoms with van der Waals surface area (Å²) >= 11 is 7.34. The lowest BCUT2D eigenvalue weighted by Gasteiger charge is -2.39. The molecule has 0 saturated carbocycles. The molecule has 9 heteroatoms. The number of nitriles is 1. The van der Waals surface area contributed by atoms with Crippen molar-refractivity contribution in [2.24, 2.45) is 0 Å². The maximum atomic E-state index is 12.7. The Bertz CT molecular complexity index is 1090. The highest BCUT2D eigenvalue weighted by Crippen LogP contribution is 2.23. The second-order valence-corrected chi connectivity index (χ2v) is 8.57. The van der Waals surface area contributed by atoms with Gasteiger partial charge in [-0.2, -0.15) is 9.64 Å². The topological polar surface area (TPSA) is 85.2 Å². The van der Waals surface area contributed by atoms with Gasteiger partial charge in [0.1, 0.15) is 5.82 Å². The van der Waals surface area contributed by atoms with Crippen LogP contribution in [0.25, 0.3) is 0 Å². The summed E-state index contributed by atoms with van der Waals surface area (Å²) < 4.78 is 4.50. The molecule has 2 aromatic carbocycles. The predicted octanol–water partition coefficient (Wildman–Crippen LogP) is 4.40. The third kappa shape index (κ3) is 5.13. The van der Waals surface area contributed by atoms with Crippen LogP contribution in [-0.4, -0.2) is 46.0 Å². The third-order valence-electron chi connectivity index (χ3n) is 5.16. The molecule has 158 valence electrons. The molecule has 2 heterocycles.